The van der Waals surface area contributed by atoms with Crippen molar-refractivity contribution in [3.63, 3.8) is 0 Å². The minimum Gasteiger partial charge on any atom is -0.392 e. The number of anilines is 3. The third-order valence-corrected chi connectivity index (χ3v) is 1.66. The van der Waals surface area contributed by atoms with E-state index in [0.717, 1.165) is 0 Å². The summed E-state index contributed by atoms with van der Waals surface area (Å²) in [6.07, 6.45) is 0. The Labute approximate surface area is 80.8 Å². The highest BCUT2D eigenvalue weighted by molar-refractivity contribution is 5.68. The van der Waals surface area contributed by atoms with Crippen LogP contribution >= 0.6 is 0 Å². The number of hydrogen-bond donors (Lipinski definition) is 5. The molecule has 0 aliphatic rings. The van der Waals surface area contributed by atoms with E-state index in [1.54, 1.807) is 0 Å². The Kier molecular flexibility index (Phi) is 2.95. The van der Waals surface area contributed by atoms with Crippen molar-refractivity contribution in [2.45, 2.75) is 6.92 Å². The van der Waals surface area contributed by atoms with Gasteiger partial charge in [0.05, 0.1) is 0 Å². The van der Waals surface area contributed by atoms with Gasteiger partial charge in [0.15, 0.2) is 0 Å². The third kappa shape index (κ3) is 1.95. The maximum absolute atomic E-state index is 11.2. The third-order valence-electron chi connectivity index (χ3n) is 1.66. The van der Waals surface area contributed by atoms with E-state index in [9.17, 15) is 4.79 Å². The van der Waals surface area contributed by atoms with Crippen LogP contribution in [-0.2, 0) is 0 Å². The fraction of sp³-hybridized carbons (Fsp3) is 0.286. The monoisotopic (exact) mass is 198 g/mol. The number of nitrogens with one attached hydrogen (secondary N) is 2. The van der Waals surface area contributed by atoms with Crippen molar-refractivity contribution in [1.29, 1.82) is 0 Å². The quantitative estimate of drug-likeness (QED) is 0.305. The number of nitrogen functional groups attached to an aromatic ring is 2. The van der Waals surface area contributed by atoms with E-state index in [0.29, 0.717) is 12.2 Å². The number of aromatic amines is 1. The molecule has 0 fully saturated rings. The molecular weight excluding hydrogens is 184 g/mol. The second kappa shape index (κ2) is 3.99. The predicted molar refractivity (Wildman–Crippen MR) is 56.2 cm³/mol. The molecule has 0 aromatic carbocycles. The molecule has 0 atom stereocenters. The maximum atomic E-state index is 11.2. The molecule has 0 saturated heterocycles. The van der Waals surface area contributed by atoms with Gasteiger partial charge >= 0.3 is 0 Å². The lowest BCUT2D eigenvalue weighted by Gasteiger charge is -2.19. The van der Waals surface area contributed by atoms with E-state index in [-0.39, 0.29) is 11.5 Å². The average molecular weight is 198 g/mol. The van der Waals surface area contributed by atoms with Crippen LogP contribution in [0.2, 0.25) is 0 Å². The molecule has 8 N–H and O–H groups in total. The maximum Gasteiger partial charge on any atom is 0.274 e. The number of pyridine rings is 1. The van der Waals surface area contributed by atoms with Crippen molar-refractivity contribution in [1.82, 2.24) is 10.4 Å². The molecule has 14 heavy (non-hydrogen) atoms. The average Bonchev–Trinajstić information content (AvgIpc) is 2.11. The number of H-pyrrole nitrogens is 1. The fourth-order valence-electron chi connectivity index (χ4n) is 1.03. The molecule has 0 aliphatic heterocycles. The Morgan fingerprint density at radius 2 is 2.21 bits per heavy atom. The van der Waals surface area contributed by atoms with E-state index in [4.69, 9.17) is 17.3 Å². The van der Waals surface area contributed by atoms with Crippen LogP contribution in [0.5, 0.6) is 0 Å². The summed E-state index contributed by atoms with van der Waals surface area (Å²) in [5.41, 5.74) is 13.7. The Hall–Kier alpha value is -1.73. The first-order valence-corrected chi connectivity index (χ1v) is 4.12. The van der Waals surface area contributed by atoms with Crippen LogP contribution in [0, 0.1) is 0 Å². The van der Waals surface area contributed by atoms with E-state index in [1.165, 1.54) is 11.2 Å². The second-order valence-electron chi connectivity index (χ2n) is 2.73. The predicted octanol–water partition coefficient (Wildman–Crippen LogP) is -1.26. The van der Waals surface area contributed by atoms with Crippen molar-refractivity contribution in [3.8, 4) is 0 Å². The largest absolute Gasteiger partial charge is 0.392 e. The van der Waals surface area contributed by atoms with Crippen molar-refractivity contribution in [3.05, 3.63) is 16.4 Å². The van der Waals surface area contributed by atoms with Crippen molar-refractivity contribution < 1.29 is 0 Å². The lowest BCUT2D eigenvalue weighted by Crippen LogP contribution is -2.45. The molecule has 1 rings (SSSR count). The molecule has 0 saturated carbocycles. The summed E-state index contributed by atoms with van der Waals surface area (Å²) in [4.78, 5) is 13.6. The molecule has 0 radical (unpaired) electrons. The molecule has 1 heterocycles. The van der Waals surface area contributed by atoms with Crippen LogP contribution < -0.4 is 33.4 Å². The number of hydrogen-bond acceptors (Lipinski definition) is 6. The first kappa shape index (κ1) is 10.4. The van der Waals surface area contributed by atoms with E-state index < -0.39 is 5.56 Å². The van der Waals surface area contributed by atoms with Gasteiger partial charge in [0, 0.05) is 12.6 Å². The van der Waals surface area contributed by atoms with Gasteiger partial charge in [-0.25, -0.2) is 16.4 Å². The Morgan fingerprint density at radius 1 is 1.57 bits per heavy atom. The van der Waals surface area contributed by atoms with Crippen LogP contribution in [0.25, 0.3) is 0 Å². The molecule has 1 aromatic rings. The number of rotatable bonds is 3. The molecule has 0 spiro atoms. The molecular formula is C7H14N6O. The summed E-state index contributed by atoms with van der Waals surface area (Å²) in [6.45, 7) is 2.48. The van der Waals surface area contributed by atoms with Gasteiger partial charge in [-0.2, -0.15) is 0 Å². The van der Waals surface area contributed by atoms with E-state index in [2.05, 4.69) is 10.4 Å². The number of aromatic nitrogens is 1. The summed E-state index contributed by atoms with van der Waals surface area (Å²) in [6, 6.07) is 1.49. The minimum absolute atomic E-state index is 0.0302. The zero-order chi connectivity index (χ0) is 10.7. The Balaban J connectivity index is 3.13. The van der Waals surface area contributed by atoms with Crippen molar-refractivity contribution in [2.75, 3.05) is 23.1 Å². The van der Waals surface area contributed by atoms with Crippen LogP contribution in [0.3, 0.4) is 0 Å². The zero-order valence-corrected chi connectivity index (χ0v) is 7.87. The van der Waals surface area contributed by atoms with Crippen LogP contribution in [0.4, 0.5) is 17.2 Å². The van der Waals surface area contributed by atoms with Crippen molar-refractivity contribution in [2.24, 2.45) is 5.84 Å². The second-order valence-corrected chi connectivity index (χ2v) is 2.73. The van der Waals surface area contributed by atoms with E-state index >= 15 is 0 Å². The highest BCUT2D eigenvalue weighted by Crippen LogP contribution is 2.16. The molecule has 7 heteroatoms. The summed E-state index contributed by atoms with van der Waals surface area (Å²) in [5, 5.41) is 1.17. The Morgan fingerprint density at radius 3 is 2.79 bits per heavy atom. The summed E-state index contributed by atoms with van der Waals surface area (Å²) >= 11 is 0. The van der Waals surface area contributed by atoms with E-state index in [1.807, 2.05) is 6.92 Å². The molecule has 1 aromatic heterocycles. The van der Waals surface area contributed by atoms with Gasteiger partial charge in [-0.15, -0.1) is 0 Å². The fourth-order valence-corrected chi connectivity index (χ4v) is 1.03. The number of hydrazine groups is 2. The van der Waals surface area contributed by atoms with Crippen molar-refractivity contribution >= 4 is 17.2 Å². The van der Waals surface area contributed by atoms with Gasteiger partial charge < -0.3 is 16.5 Å². The van der Waals surface area contributed by atoms with Gasteiger partial charge in [0.25, 0.3) is 5.56 Å². The lowest BCUT2D eigenvalue weighted by atomic mass is 10.3. The molecule has 78 valence electrons. The number of nitrogens with zero attached hydrogens (tertiary/aromatic N) is 1. The SMILES string of the molecule is CCNN(N)c1cc(N)[nH]c(=O)c1N. The number of nitrogens with two attached hydrogens (primary N) is 3. The van der Waals surface area contributed by atoms with Crippen LogP contribution in [0.1, 0.15) is 6.92 Å². The van der Waals surface area contributed by atoms with Gasteiger partial charge in [0.2, 0.25) is 0 Å². The zero-order valence-electron chi connectivity index (χ0n) is 7.87. The molecule has 0 bridgehead atoms. The first-order chi connectivity index (χ1) is 6.56. The molecule has 0 unspecified atom stereocenters. The topological polar surface area (TPSA) is 126 Å². The van der Waals surface area contributed by atoms with Gasteiger partial charge in [-0.1, -0.05) is 6.92 Å². The normalized spacial score (nSPS) is 10.1. The minimum atomic E-state index is -0.451. The lowest BCUT2D eigenvalue weighted by molar-refractivity contribution is 0.670. The molecule has 0 aliphatic carbocycles. The summed E-state index contributed by atoms with van der Waals surface area (Å²) < 4.78 is 0. The van der Waals surface area contributed by atoms with Gasteiger partial charge in [-0.05, 0) is 0 Å². The highest BCUT2D eigenvalue weighted by Gasteiger charge is 2.09. The standard InChI is InChI=1S/C7H14N6O/c1-2-11-13(10)4-3-5(8)12-7(14)6(4)9/h3,11H,2,9-10H2,1H3,(H3,8,12,14). The summed E-state index contributed by atoms with van der Waals surface area (Å²) in [7, 11) is 0. The molecule has 7 nitrogen and oxygen atoms in total. The van der Waals surface area contributed by atoms with Crippen LogP contribution in [0.15, 0.2) is 10.9 Å². The first-order valence-electron chi connectivity index (χ1n) is 4.12. The van der Waals surface area contributed by atoms with Gasteiger partial charge in [0.1, 0.15) is 17.2 Å². The highest BCUT2D eigenvalue weighted by atomic mass is 16.1. The van der Waals surface area contributed by atoms with Crippen LogP contribution in [-0.4, -0.2) is 11.5 Å². The smallest absolute Gasteiger partial charge is 0.274 e. The van der Waals surface area contributed by atoms with Gasteiger partial charge in [-0.3, -0.25) is 4.79 Å². The molecule has 0 amide bonds. The summed E-state index contributed by atoms with van der Waals surface area (Å²) in [5.74, 6) is 5.79. The Bertz CT molecular complexity index is 373.